The molecule has 0 aromatic carbocycles. The van der Waals surface area contributed by atoms with Crippen molar-refractivity contribution in [1.82, 2.24) is 4.90 Å². The molecule has 2 rings (SSSR count). The molecule has 0 spiro atoms. The Morgan fingerprint density at radius 2 is 2.13 bits per heavy atom. The number of aliphatic hydroxyl groups is 1. The largest absolute Gasteiger partial charge is 0.393 e. The molecule has 2 aliphatic rings. The maximum atomic E-state index is 11.4. The number of carbonyl (C=O) groups excluding carboxylic acids is 1. The van der Waals surface area contributed by atoms with Gasteiger partial charge in [0.25, 0.3) is 0 Å². The van der Waals surface area contributed by atoms with Crippen molar-refractivity contribution in [2.45, 2.75) is 31.8 Å². The number of aliphatic hydroxyl groups excluding tert-OH is 1. The van der Waals surface area contributed by atoms with Crippen LogP contribution < -0.4 is 0 Å². The van der Waals surface area contributed by atoms with Crippen LogP contribution in [0.3, 0.4) is 0 Å². The molecule has 1 aliphatic heterocycles. The minimum Gasteiger partial charge on any atom is -0.393 e. The predicted octanol–water partition coefficient (Wildman–Crippen LogP) is 1.23. The van der Waals surface area contributed by atoms with Crippen LogP contribution in [-0.4, -0.2) is 41.0 Å². The zero-order valence-corrected chi connectivity index (χ0v) is 9.62. The highest BCUT2D eigenvalue weighted by molar-refractivity contribution is 6.27. The van der Waals surface area contributed by atoms with Crippen molar-refractivity contribution < 1.29 is 9.90 Å². The fraction of sp³-hybridized carbons (Fsp3) is 0.909. The van der Waals surface area contributed by atoms with E-state index >= 15 is 0 Å². The first-order valence-electron chi connectivity index (χ1n) is 5.72. The lowest BCUT2D eigenvalue weighted by Gasteiger charge is -2.36. The molecular weight excluding hydrogens is 214 g/mol. The van der Waals surface area contributed by atoms with Gasteiger partial charge in [-0.15, -0.1) is 11.6 Å². The third kappa shape index (κ3) is 2.85. The van der Waals surface area contributed by atoms with Gasteiger partial charge in [-0.1, -0.05) is 12.8 Å². The number of rotatable bonds is 3. The first-order chi connectivity index (χ1) is 7.20. The van der Waals surface area contributed by atoms with Crippen molar-refractivity contribution in [3.63, 3.8) is 0 Å². The fourth-order valence-corrected chi connectivity index (χ4v) is 2.51. The average molecular weight is 232 g/mol. The molecule has 4 heteroatoms. The van der Waals surface area contributed by atoms with Crippen molar-refractivity contribution in [1.29, 1.82) is 0 Å². The molecule has 0 radical (unpaired) electrons. The van der Waals surface area contributed by atoms with Crippen LogP contribution in [0, 0.1) is 11.8 Å². The van der Waals surface area contributed by atoms with E-state index < -0.39 is 0 Å². The van der Waals surface area contributed by atoms with Gasteiger partial charge >= 0.3 is 0 Å². The van der Waals surface area contributed by atoms with E-state index in [0.717, 1.165) is 12.3 Å². The number of carbonyl (C=O) groups is 1. The van der Waals surface area contributed by atoms with Crippen molar-refractivity contribution >= 4 is 17.5 Å². The van der Waals surface area contributed by atoms with E-state index in [1.165, 1.54) is 12.8 Å². The molecule has 3 nitrogen and oxygen atoms in total. The van der Waals surface area contributed by atoms with Crippen LogP contribution in [0.5, 0.6) is 0 Å². The molecule has 0 aromatic heterocycles. The van der Waals surface area contributed by atoms with Crippen molar-refractivity contribution in [3.05, 3.63) is 0 Å². The summed E-state index contributed by atoms with van der Waals surface area (Å²) in [6.07, 6.45) is 4.16. The number of piperidine rings is 1. The normalized spacial score (nSPS) is 31.7. The molecule has 1 N–H and O–H groups in total. The molecule has 86 valence electrons. The summed E-state index contributed by atoms with van der Waals surface area (Å²) in [6, 6.07) is 0. The summed E-state index contributed by atoms with van der Waals surface area (Å²) in [7, 11) is 0. The lowest BCUT2D eigenvalue weighted by atomic mass is 9.90. The highest BCUT2D eigenvalue weighted by atomic mass is 35.5. The van der Waals surface area contributed by atoms with E-state index in [9.17, 15) is 9.90 Å². The van der Waals surface area contributed by atoms with Crippen LogP contribution in [0.25, 0.3) is 0 Å². The Kier molecular flexibility index (Phi) is 3.52. The Bertz CT molecular complexity index is 243. The van der Waals surface area contributed by atoms with Gasteiger partial charge in [0.1, 0.15) is 5.88 Å². The van der Waals surface area contributed by atoms with Gasteiger partial charge in [-0.05, 0) is 18.8 Å². The molecule has 0 unspecified atom stereocenters. The number of likely N-dealkylation sites (tertiary alicyclic amines) is 1. The van der Waals surface area contributed by atoms with Crippen molar-refractivity contribution in [2.75, 3.05) is 19.0 Å². The molecule has 1 saturated carbocycles. The molecule has 0 aromatic rings. The Morgan fingerprint density at radius 3 is 2.73 bits per heavy atom. The Morgan fingerprint density at radius 1 is 1.40 bits per heavy atom. The molecule has 1 saturated heterocycles. The van der Waals surface area contributed by atoms with Crippen LogP contribution in [0.2, 0.25) is 0 Å². The van der Waals surface area contributed by atoms with E-state index in [1.54, 1.807) is 4.90 Å². The van der Waals surface area contributed by atoms with Crippen LogP contribution in [0.15, 0.2) is 0 Å². The fourth-order valence-electron chi connectivity index (χ4n) is 2.34. The Labute approximate surface area is 95.4 Å². The highest BCUT2D eigenvalue weighted by Gasteiger charge is 2.34. The zero-order chi connectivity index (χ0) is 10.8. The van der Waals surface area contributed by atoms with E-state index in [0.29, 0.717) is 19.5 Å². The summed E-state index contributed by atoms with van der Waals surface area (Å²) in [5.41, 5.74) is 0. The second-order valence-corrected chi connectivity index (χ2v) is 5.04. The number of nitrogens with zero attached hydrogens (tertiary/aromatic N) is 1. The molecule has 1 aliphatic carbocycles. The van der Waals surface area contributed by atoms with Crippen LogP contribution in [0.1, 0.15) is 25.7 Å². The van der Waals surface area contributed by atoms with Crippen molar-refractivity contribution in [3.8, 4) is 0 Å². The van der Waals surface area contributed by atoms with Crippen LogP contribution in [-0.2, 0) is 4.79 Å². The number of alkyl halides is 1. The van der Waals surface area contributed by atoms with Gasteiger partial charge in [0.2, 0.25) is 5.91 Å². The molecule has 2 atom stereocenters. The third-order valence-electron chi connectivity index (χ3n) is 3.49. The van der Waals surface area contributed by atoms with E-state index in [1.807, 2.05) is 0 Å². The first kappa shape index (κ1) is 11.2. The summed E-state index contributed by atoms with van der Waals surface area (Å²) in [5.74, 6) is 1.14. The number of halogens is 1. The smallest absolute Gasteiger partial charge is 0.237 e. The van der Waals surface area contributed by atoms with Gasteiger partial charge in [-0.3, -0.25) is 4.79 Å². The van der Waals surface area contributed by atoms with Gasteiger partial charge in [-0.2, -0.15) is 0 Å². The van der Waals surface area contributed by atoms with Gasteiger partial charge in [-0.25, -0.2) is 0 Å². The monoisotopic (exact) mass is 231 g/mol. The van der Waals surface area contributed by atoms with E-state index in [4.69, 9.17) is 11.6 Å². The first-order valence-corrected chi connectivity index (χ1v) is 6.26. The Hall–Kier alpha value is -0.280. The molecule has 15 heavy (non-hydrogen) atoms. The molecule has 0 bridgehead atoms. The summed E-state index contributed by atoms with van der Waals surface area (Å²) in [5, 5.41) is 9.85. The summed E-state index contributed by atoms with van der Waals surface area (Å²) < 4.78 is 0. The second kappa shape index (κ2) is 4.71. The lowest BCUT2D eigenvalue weighted by Crippen LogP contribution is -2.46. The molecule has 1 heterocycles. The molecule has 2 fully saturated rings. The Balaban J connectivity index is 1.87. The number of hydrogen-bond acceptors (Lipinski definition) is 2. The van der Waals surface area contributed by atoms with Crippen LogP contribution >= 0.6 is 11.6 Å². The average Bonchev–Trinajstić information content (AvgIpc) is 3.04. The van der Waals surface area contributed by atoms with Gasteiger partial charge in [0, 0.05) is 19.0 Å². The quantitative estimate of drug-likeness (QED) is 0.743. The highest BCUT2D eigenvalue weighted by Crippen LogP contribution is 2.37. The summed E-state index contributed by atoms with van der Waals surface area (Å²) >= 11 is 5.53. The minimum absolute atomic E-state index is 0.00404. The lowest BCUT2D eigenvalue weighted by molar-refractivity contribution is -0.132. The number of amides is 1. The van der Waals surface area contributed by atoms with E-state index in [2.05, 4.69) is 0 Å². The maximum Gasteiger partial charge on any atom is 0.237 e. The predicted molar refractivity (Wildman–Crippen MR) is 58.8 cm³/mol. The summed E-state index contributed by atoms with van der Waals surface area (Å²) in [6.45, 7) is 1.36. The van der Waals surface area contributed by atoms with Crippen LogP contribution in [0.4, 0.5) is 0 Å². The van der Waals surface area contributed by atoms with Gasteiger partial charge in [0.05, 0.1) is 6.10 Å². The third-order valence-corrected chi connectivity index (χ3v) is 3.72. The molecule has 1 amide bonds. The van der Waals surface area contributed by atoms with Gasteiger partial charge < -0.3 is 10.0 Å². The van der Waals surface area contributed by atoms with Gasteiger partial charge in [0.15, 0.2) is 0 Å². The SMILES string of the molecule is O=C(CCl)N1CC[C@@H](O)[C@H](CC2CC2)C1. The van der Waals surface area contributed by atoms with E-state index in [-0.39, 0.29) is 23.8 Å². The van der Waals surface area contributed by atoms with Crippen molar-refractivity contribution in [2.24, 2.45) is 11.8 Å². The standard InChI is InChI=1S/C11H18ClNO2/c12-6-11(15)13-4-3-10(14)9(7-13)5-8-1-2-8/h8-10,14H,1-7H2/t9-,10-/m1/s1. The summed E-state index contributed by atoms with van der Waals surface area (Å²) in [4.78, 5) is 13.2. The molecular formula is C11H18ClNO2. The number of hydrogen-bond donors (Lipinski definition) is 1. The zero-order valence-electron chi connectivity index (χ0n) is 8.86. The second-order valence-electron chi connectivity index (χ2n) is 4.77. The topological polar surface area (TPSA) is 40.5 Å². The minimum atomic E-state index is -0.218. The maximum absolute atomic E-state index is 11.4.